The monoisotopic (exact) mass is 566 g/mol. The van der Waals surface area contributed by atoms with E-state index in [2.05, 4.69) is 10.6 Å². The maximum Gasteiger partial charge on any atom is 0.266 e. The second-order valence-electron chi connectivity index (χ2n) is 8.75. The van der Waals surface area contributed by atoms with Gasteiger partial charge < -0.3 is 10.6 Å². The minimum Gasteiger partial charge on any atom is -0.321 e. The van der Waals surface area contributed by atoms with Crippen LogP contribution in [0.15, 0.2) is 96.1 Å². The van der Waals surface area contributed by atoms with E-state index in [1.807, 2.05) is 0 Å². The molecule has 0 aliphatic rings. The van der Waals surface area contributed by atoms with Gasteiger partial charge in [0, 0.05) is 11.4 Å². The fraction of sp³-hybridized carbons (Fsp3) is 0. The smallest absolute Gasteiger partial charge is 0.266 e. The van der Waals surface area contributed by atoms with E-state index in [4.69, 9.17) is 0 Å². The van der Waals surface area contributed by atoms with E-state index in [-0.39, 0.29) is 22.3 Å². The summed E-state index contributed by atoms with van der Waals surface area (Å²) >= 11 is 0. The average molecular weight is 567 g/mol. The first kappa shape index (κ1) is 29.0. The second-order valence-corrected chi connectivity index (χ2v) is 8.75. The van der Waals surface area contributed by atoms with Gasteiger partial charge >= 0.3 is 0 Å². The summed E-state index contributed by atoms with van der Waals surface area (Å²) in [6.07, 6.45) is 2.29. The standard InChI is InChI=1S/C32H18F4N4O2/c33-27-11-1-19(15-29(27)35)13-23(17-37)31(41)39-25-7-3-21(4-8-25)22-5-9-26(10-6-22)40-32(42)24(18-38)14-20-2-12-28(34)30(36)16-20/h1-16H,(H,39,41)(H,40,42)/b23-13+,24-14+. The van der Waals surface area contributed by atoms with E-state index in [9.17, 15) is 37.7 Å². The molecule has 0 aromatic heterocycles. The van der Waals surface area contributed by atoms with Crippen LogP contribution in [-0.4, -0.2) is 11.8 Å². The number of benzene rings is 4. The highest BCUT2D eigenvalue weighted by atomic mass is 19.2. The van der Waals surface area contributed by atoms with Crippen molar-refractivity contribution >= 4 is 35.3 Å². The van der Waals surface area contributed by atoms with Crippen molar-refractivity contribution in [2.24, 2.45) is 0 Å². The molecule has 0 atom stereocenters. The molecule has 2 N–H and O–H groups in total. The van der Waals surface area contributed by atoms with Crippen LogP contribution in [0.1, 0.15) is 11.1 Å². The van der Waals surface area contributed by atoms with Crippen LogP contribution in [0.25, 0.3) is 23.3 Å². The van der Waals surface area contributed by atoms with Gasteiger partial charge in [-0.15, -0.1) is 0 Å². The number of rotatable bonds is 7. The predicted octanol–water partition coefficient (Wildman–Crippen LogP) is 7.00. The van der Waals surface area contributed by atoms with E-state index >= 15 is 0 Å². The average Bonchev–Trinajstić information content (AvgIpc) is 2.99. The van der Waals surface area contributed by atoms with E-state index < -0.39 is 35.1 Å². The summed E-state index contributed by atoms with van der Waals surface area (Å²) in [5.41, 5.74) is 1.99. The van der Waals surface area contributed by atoms with Crippen molar-refractivity contribution in [3.05, 3.63) is 130 Å². The maximum absolute atomic E-state index is 13.4. The SMILES string of the molecule is N#C/C(=C\c1ccc(F)c(F)c1)C(=O)Nc1ccc(-c2ccc(NC(=O)/C(C#N)=C/c3ccc(F)c(F)c3)cc2)cc1. The number of amides is 2. The first-order valence-electron chi connectivity index (χ1n) is 12.1. The summed E-state index contributed by atoms with van der Waals surface area (Å²) in [4.78, 5) is 25.0. The highest BCUT2D eigenvalue weighted by Gasteiger charge is 2.13. The van der Waals surface area contributed by atoms with Crippen LogP contribution in [0.2, 0.25) is 0 Å². The molecule has 0 bridgehead atoms. The molecule has 4 aromatic carbocycles. The lowest BCUT2D eigenvalue weighted by Gasteiger charge is -2.08. The van der Waals surface area contributed by atoms with Crippen molar-refractivity contribution in [2.45, 2.75) is 0 Å². The Labute approximate surface area is 237 Å². The Morgan fingerprint density at radius 1 is 0.548 bits per heavy atom. The molecule has 4 aromatic rings. The van der Waals surface area contributed by atoms with Gasteiger partial charge in [0.05, 0.1) is 0 Å². The Kier molecular flexibility index (Phi) is 8.91. The number of nitrogens with zero attached hydrogens (tertiary/aromatic N) is 2. The normalized spacial score (nSPS) is 11.3. The molecule has 0 heterocycles. The lowest BCUT2D eigenvalue weighted by molar-refractivity contribution is -0.113. The molecule has 0 radical (unpaired) electrons. The highest BCUT2D eigenvalue weighted by Crippen LogP contribution is 2.24. The third kappa shape index (κ3) is 7.14. The Morgan fingerprint density at radius 3 is 1.21 bits per heavy atom. The van der Waals surface area contributed by atoms with Crippen molar-refractivity contribution in [2.75, 3.05) is 10.6 Å². The molecule has 10 heteroatoms. The van der Waals surface area contributed by atoms with Crippen LogP contribution in [0.5, 0.6) is 0 Å². The lowest BCUT2D eigenvalue weighted by Crippen LogP contribution is -2.13. The summed E-state index contributed by atoms with van der Waals surface area (Å²) in [6.45, 7) is 0. The lowest BCUT2D eigenvalue weighted by atomic mass is 10.0. The number of carbonyl (C=O) groups excluding carboxylic acids is 2. The van der Waals surface area contributed by atoms with Crippen molar-refractivity contribution in [3.8, 4) is 23.3 Å². The molecule has 0 spiro atoms. The predicted molar refractivity (Wildman–Crippen MR) is 149 cm³/mol. The molecule has 0 saturated carbocycles. The maximum atomic E-state index is 13.4. The molecule has 42 heavy (non-hydrogen) atoms. The second kappa shape index (κ2) is 12.9. The third-order valence-corrected chi connectivity index (χ3v) is 5.86. The summed E-state index contributed by atoms with van der Waals surface area (Å²) in [5.74, 6) is -5.75. The van der Waals surface area contributed by atoms with Gasteiger partial charge in [-0.2, -0.15) is 10.5 Å². The Bertz CT molecular complexity index is 1680. The molecule has 0 saturated heterocycles. The molecule has 0 unspecified atom stereocenters. The Hall–Kier alpha value is -6.00. The van der Waals surface area contributed by atoms with E-state index in [0.29, 0.717) is 11.4 Å². The van der Waals surface area contributed by atoms with Gasteiger partial charge in [0.2, 0.25) is 0 Å². The topological polar surface area (TPSA) is 106 Å². The molecular formula is C32H18F4N4O2. The summed E-state index contributed by atoms with van der Waals surface area (Å²) in [6, 6.07) is 22.8. The molecule has 4 rings (SSSR count). The van der Waals surface area contributed by atoms with Crippen molar-refractivity contribution in [1.29, 1.82) is 10.5 Å². The van der Waals surface area contributed by atoms with Crippen LogP contribution < -0.4 is 10.6 Å². The number of nitriles is 2. The van der Waals surface area contributed by atoms with Gasteiger partial charge in [-0.3, -0.25) is 9.59 Å². The zero-order valence-electron chi connectivity index (χ0n) is 21.5. The van der Waals surface area contributed by atoms with Crippen molar-refractivity contribution in [1.82, 2.24) is 0 Å². The number of anilines is 2. The van der Waals surface area contributed by atoms with Crippen LogP contribution in [0, 0.1) is 45.9 Å². The Balaban J connectivity index is 1.40. The fourth-order valence-corrected chi connectivity index (χ4v) is 3.72. The fourth-order valence-electron chi connectivity index (χ4n) is 3.72. The van der Waals surface area contributed by atoms with Gasteiger partial charge in [-0.25, -0.2) is 17.6 Å². The quantitative estimate of drug-likeness (QED) is 0.143. The number of halogens is 4. The number of carbonyl (C=O) groups is 2. The third-order valence-electron chi connectivity index (χ3n) is 5.86. The van der Waals surface area contributed by atoms with Gasteiger partial charge in [-0.1, -0.05) is 36.4 Å². The first-order chi connectivity index (χ1) is 20.2. The number of hydrogen-bond donors (Lipinski definition) is 2. The van der Waals surface area contributed by atoms with Gasteiger partial charge in [0.1, 0.15) is 23.3 Å². The molecule has 6 nitrogen and oxygen atoms in total. The molecule has 0 aliphatic carbocycles. The molecule has 2 amide bonds. The largest absolute Gasteiger partial charge is 0.321 e. The van der Waals surface area contributed by atoms with Crippen molar-refractivity contribution < 1.29 is 27.2 Å². The van der Waals surface area contributed by atoms with Crippen LogP contribution >= 0.6 is 0 Å². The summed E-state index contributed by atoms with van der Waals surface area (Å²) in [5, 5.41) is 23.8. The molecule has 0 fully saturated rings. The first-order valence-corrected chi connectivity index (χ1v) is 12.1. The summed E-state index contributed by atoms with van der Waals surface area (Å²) in [7, 11) is 0. The zero-order valence-corrected chi connectivity index (χ0v) is 21.5. The zero-order chi connectivity index (χ0) is 30.2. The molecule has 0 aliphatic heterocycles. The summed E-state index contributed by atoms with van der Waals surface area (Å²) < 4.78 is 53.1. The molecular weight excluding hydrogens is 548 g/mol. The van der Waals surface area contributed by atoms with Gasteiger partial charge in [0.25, 0.3) is 11.8 Å². The van der Waals surface area contributed by atoms with Crippen molar-refractivity contribution in [3.63, 3.8) is 0 Å². The van der Waals surface area contributed by atoms with E-state index in [1.165, 1.54) is 12.1 Å². The van der Waals surface area contributed by atoms with E-state index in [0.717, 1.165) is 47.5 Å². The van der Waals surface area contributed by atoms with Gasteiger partial charge in [-0.05, 0) is 82.9 Å². The Morgan fingerprint density at radius 2 is 0.905 bits per heavy atom. The number of hydrogen-bond acceptors (Lipinski definition) is 4. The van der Waals surface area contributed by atoms with E-state index in [1.54, 1.807) is 60.7 Å². The van der Waals surface area contributed by atoms with Crippen LogP contribution in [0.4, 0.5) is 28.9 Å². The van der Waals surface area contributed by atoms with Gasteiger partial charge in [0.15, 0.2) is 23.3 Å². The molecule has 206 valence electrons. The minimum absolute atomic E-state index is 0.152. The minimum atomic E-state index is -1.10. The number of nitrogens with one attached hydrogen (secondary N) is 2. The highest BCUT2D eigenvalue weighted by molar-refractivity contribution is 6.10. The van der Waals surface area contributed by atoms with Crippen LogP contribution in [-0.2, 0) is 9.59 Å². The van der Waals surface area contributed by atoms with Crippen LogP contribution in [0.3, 0.4) is 0 Å².